The van der Waals surface area contributed by atoms with Crippen molar-refractivity contribution in [2.45, 2.75) is 32.9 Å². The van der Waals surface area contributed by atoms with Gasteiger partial charge < -0.3 is 29.4 Å². The highest BCUT2D eigenvalue weighted by atomic mass is 16.5. The third-order valence-electron chi connectivity index (χ3n) is 6.15. The zero-order valence-electron chi connectivity index (χ0n) is 20.6. The van der Waals surface area contributed by atoms with Crippen LogP contribution >= 0.6 is 0 Å². The molecule has 0 spiro atoms. The summed E-state index contributed by atoms with van der Waals surface area (Å²) in [7, 11) is 4.73. The topological polar surface area (TPSA) is 105 Å². The number of benzene rings is 2. The first-order valence-electron chi connectivity index (χ1n) is 11.5. The number of aryl methyl sites for hydroxylation is 1. The number of unbranched alkanes of at least 4 members (excludes halogenated alkanes) is 1. The quantitative estimate of drug-likeness (QED) is 0.344. The number of carbonyl (C=O) groups excluding carboxylic acids is 1. The lowest BCUT2D eigenvalue weighted by atomic mass is 10.1. The van der Waals surface area contributed by atoms with E-state index in [4.69, 9.17) is 19.9 Å². The van der Waals surface area contributed by atoms with Gasteiger partial charge in [0.05, 0.1) is 38.7 Å². The summed E-state index contributed by atoms with van der Waals surface area (Å²) in [5.41, 5.74) is 9.56. The van der Waals surface area contributed by atoms with E-state index in [2.05, 4.69) is 14.5 Å². The fraction of sp³-hybridized carbons (Fsp3) is 0.346. The van der Waals surface area contributed by atoms with Crippen LogP contribution in [0.5, 0.6) is 17.2 Å². The highest BCUT2D eigenvalue weighted by molar-refractivity contribution is 6.06. The molecule has 0 saturated heterocycles. The Morgan fingerprint density at radius 1 is 1.03 bits per heavy atom. The number of imidazole rings is 1. The van der Waals surface area contributed by atoms with Crippen molar-refractivity contribution in [2.24, 2.45) is 0 Å². The van der Waals surface area contributed by atoms with Gasteiger partial charge in [-0.15, -0.1) is 0 Å². The van der Waals surface area contributed by atoms with Crippen molar-refractivity contribution in [3.8, 4) is 17.2 Å². The fourth-order valence-electron chi connectivity index (χ4n) is 4.40. The van der Waals surface area contributed by atoms with E-state index < -0.39 is 0 Å². The summed E-state index contributed by atoms with van der Waals surface area (Å²) in [6, 6.07) is 11.7. The smallest absolute Gasteiger partial charge is 0.219 e. The lowest BCUT2D eigenvalue weighted by Gasteiger charge is -2.23. The van der Waals surface area contributed by atoms with Crippen molar-refractivity contribution in [2.75, 3.05) is 33.6 Å². The van der Waals surface area contributed by atoms with E-state index in [-0.39, 0.29) is 5.91 Å². The number of para-hydroxylation sites is 1. The Morgan fingerprint density at radius 2 is 1.80 bits per heavy atom. The average molecular weight is 478 g/mol. The molecule has 4 rings (SSSR count). The minimum absolute atomic E-state index is 0.000222. The first-order chi connectivity index (χ1) is 17.0. The number of amides is 1. The molecular weight excluding hydrogens is 446 g/mol. The lowest BCUT2D eigenvalue weighted by molar-refractivity contribution is -0.129. The van der Waals surface area contributed by atoms with Crippen LogP contribution in [0.4, 0.5) is 5.82 Å². The summed E-state index contributed by atoms with van der Waals surface area (Å²) in [5.74, 6) is 2.10. The molecule has 0 saturated carbocycles. The van der Waals surface area contributed by atoms with Gasteiger partial charge in [-0.25, -0.2) is 9.97 Å². The zero-order valence-corrected chi connectivity index (χ0v) is 20.6. The molecule has 0 aliphatic heterocycles. The van der Waals surface area contributed by atoms with Gasteiger partial charge in [0.2, 0.25) is 11.7 Å². The van der Waals surface area contributed by atoms with Gasteiger partial charge >= 0.3 is 0 Å². The number of nitrogens with zero attached hydrogens (tertiary/aromatic N) is 4. The number of anilines is 1. The Balaban J connectivity index is 1.46. The fourth-order valence-corrected chi connectivity index (χ4v) is 4.40. The van der Waals surface area contributed by atoms with E-state index in [1.807, 2.05) is 47.6 Å². The third kappa shape index (κ3) is 4.80. The van der Waals surface area contributed by atoms with Gasteiger partial charge in [-0.1, -0.05) is 18.2 Å². The second-order valence-corrected chi connectivity index (χ2v) is 8.29. The largest absolute Gasteiger partial charge is 0.493 e. The number of ether oxygens (including phenoxy) is 3. The Morgan fingerprint density at radius 3 is 2.51 bits per heavy atom. The normalized spacial score (nSPS) is 11.1. The molecule has 0 aliphatic rings. The molecule has 2 N–H and O–H groups in total. The number of hydrogen-bond acceptors (Lipinski definition) is 7. The number of pyridine rings is 1. The maximum Gasteiger partial charge on any atom is 0.219 e. The molecule has 0 atom stereocenters. The van der Waals surface area contributed by atoms with E-state index in [0.29, 0.717) is 36.2 Å². The van der Waals surface area contributed by atoms with Gasteiger partial charge in [0.25, 0.3) is 0 Å². The van der Waals surface area contributed by atoms with Gasteiger partial charge in [0.15, 0.2) is 17.3 Å². The van der Waals surface area contributed by atoms with Crippen LogP contribution in [0, 0.1) is 0 Å². The third-order valence-corrected chi connectivity index (χ3v) is 6.15. The zero-order chi connectivity index (χ0) is 24.9. The standard InChI is InChI=1S/C26H31N5O4/c1-17(32)30(15-18-11-12-21(33-2)25(35-4)24(18)34-3)13-7-8-14-31-16-28-22-23(31)19-9-5-6-10-20(19)29-26(22)27/h5-6,9-12,16H,7-8,13-15H2,1-4H3,(H2,27,29). The Bertz CT molecular complexity index is 1350. The van der Waals surface area contributed by atoms with Crippen LogP contribution in [-0.4, -0.2) is 53.2 Å². The molecule has 2 aromatic heterocycles. The molecule has 2 heterocycles. The Hall–Kier alpha value is -4.01. The van der Waals surface area contributed by atoms with Gasteiger partial charge in [-0.2, -0.15) is 0 Å². The summed E-state index contributed by atoms with van der Waals surface area (Å²) in [5, 5.41) is 1.03. The van der Waals surface area contributed by atoms with Crippen molar-refractivity contribution in [3.05, 3.63) is 48.3 Å². The number of hydrogen-bond donors (Lipinski definition) is 1. The molecule has 0 bridgehead atoms. The highest BCUT2D eigenvalue weighted by Gasteiger charge is 2.19. The van der Waals surface area contributed by atoms with Crippen molar-refractivity contribution >= 4 is 33.7 Å². The van der Waals surface area contributed by atoms with E-state index in [1.54, 1.807) is 28.3 Å². The summed E-state index contributed by atoms with van der Waals surface area (Å²) in [6.45, 7) is 3.37. The number of rotatable bonds is 10. The summed E-state index contributed by atoms with van der Waals surface area (Å²) < 4.78 is 18.5. The number of methoxy groups -OCH3 is 3. The summed E-state index contributed by atoms with van der Waals surface area (Å²) in [6.07, 6.45) is 3.51. The molecular formula is C26H31N5O4. The van der Waals surface area contributed by atoms with Crippen LogP contribution < -0.4 is 19.9 Å². The molecule has 35 heavy (non-hydrogen) atoms. The summed E-state index contributed by atoms with van der Waals surface area (Å²) >= 11 is 0. The Labute approximate surface area is 204 Å². The van der Waals surface area contributed by atoms with Crippen LogP contribution in [0.25, 0.3) is 21.9 Å². The molecule has 2 aromatic carbocycles. The molecule has 9 heteroatoms. The second kappa shape index (κ2) is 10.5. The van der Waals surface area contributed by atoms with Crippen LogP contribution in [-0.2, 0) is 17.9 Å². The van der Waals surface area contributed by atoms with E-state index in [1.165, 1.54) is 0 Å². The molecule has 0 unspecified atom stereocenters. The van der Waals surface area contributed by atoms with Crippen molar-refractivity contribution < 1.29 is 19.0 Å². The first-order valence-corrected chi connectivity index (χ1v) is 11.5. The van der Waals surface area contributed by atoms with Crippen molar-refractivity contribution in [1.82, 2.24) is 19.4 Å². The van der Waals surface area contributed by atoms with E-state index >= 15 is 0 Å². The van der Waals surface area contributed by atoms with Crippen LogP contribution in [0.3, 0.4) is 0 Å². The van der Waals surface area contributed by atoms with Gasteiger partial charge in [-0.3, -0.25) is 4.79 Å². The molecule has 9 nitrogen and oxygen atoms in total. The molecule has 0 radical (unpaired) electrons. The van der Waals surface area contributed by atoms with Gasteiger partial charge in [0, 0.05) is 37.5 Å². The number of carbonyl (C=O) groups is 1. The first kappa shape index (κ1) is 24.1. The highest BCUT2D eigenvalue weighted by Crippen LogP contribution is 2.40. The maximum absolute atomic E-state index is 12.4. The van der Waals surface area contributed by atoms with E-state index in [9.17, 15) is 4.79 Å². The van der Waals surface area contributed by atoms with Crippen LogP contribution in [0.2, 0.25) is 0 Å². The van der Waals surface area contributed by atoms with Crippen LogP contribution in [0.1, 0.15) is 25.3 Å². The van der Waals surface area contributed by atoms with E-state index in [0.717, 1.165) is 46.9 Å². The SMILES string of the molecule is COc1ccc(CN(CCCCn2cnc3c(N)nc4ccccc4c32)C(C)=O)c(OC)c1OC. The predicted octanol–water partition coefficient (Wildman–Crippen LogP) is 4.02. The molecule has 1 amide bonds. The van der Waals surface area contributed by atoms with Gasteiger partial charge in [0.1, 0.15) is 5.52 Å². The van der Waals surface area contributed by atoms with Crippen molar-refractivity contribution in [3.63, 3.8) is 0 Å². The number of fused-ring (bicyclic) bond motifs is 3. The number of aromatic nitrogens is 3. The average Bonchev–Trinajstić information content (AvgIpc) is 3.30. The van der Waals surface area contributed by atoms with Crippen LogP contribution in [0.15, 0.2) is 42.7 Å². The minimum Gasteiger partial charge on any atom is -0.493 e. The lowest BCUT2D eigenvalue weighted by Crippen LogP contribution is -2.29. The van der Waals surface area contributed by atoms with Gasteiger partial charge in [-0.05, 0) is 31.0 Å². The molecule has 4 aromatic rings. The Kier molecular flexibility index (Phi) is 7.24. The summed E-state index contributed by atoms with van der Waals surface area (Å²) in [4.78, 5) is 23.2. The van der Waals surface area contributed by atoms with Crippen molar-refractivity contribution in [1.29, 1.82) is 0 Å². The maximum atomic E-state index is 12.4. The predicted molar refractivity (Wildman–Crippen MR) is 136 cm³/mol. The minimum atomic E-state index is -0.000222. The molecule has 184 valence electrons. The number of nitrogens with two attached hydrogens (primary N) is 1. The monoisotopic (exact) mass is 477 g/mol. The second-order valence-electron chi connectivity index (χ2n) is 8.29. The molecule has 0 fully saturated rings. The number of nitrogen functional groups attached to an aromatic ring is 1. The molecule has 0 aliphatic carbocycles.